The number of benzene rings is 1. The van der Waals surface area contributed by atoms with Crippen molar-refractivity contribution in [3.63, 3.8) is 0 Å². The fourth-order valence-electron chi connectivity index (χ4n) is 1.91. The Kier molecular flexibility index (Phi) is 3.63. The molecule has 0 amide bonds. The highest BCUT2D eigenvalue weighted by Crippen LogP contribution is 2.25. The minimum absolute atomic E-state index is 0.317. The summed E-state index contributed by atoms with van der Waals surface area (Å²) in [4.78, 5) is -1.68. The molecule has 0 radical (unpaired) electrons. The molecular weight excluding hydrogens is 300 g/mol. The van der Waals surface area contributed by atoms with Crippen LogP contribution in [0.1, 0.15) is 12.8 Å². The van der Waals surface area contributed by atoms with E-state index in [-0.39, 0.29) is 0 Å². The largest absolute Gasteiger partial charge is 0.335 e. The van der Waals surface area contributed by atoms with Crippen molar-refractivity contribution in [1.29, 1.82) is 0 Å². The lowest BCUT2D eigenvalue weighted by atomic mass is 10.3. The molecule has 9 heteroatoms. The van der Waals surface area contributed by atoms with E-state index in [4.69, 9.17) is 0 Å². The van der Waals surface area contributed by atoms with Gasteiger partial charge in [0.1, 0.15) is 10.7 Å². The third-order valence-corrected chi connectivity index (χ3v) is 5.60. The monoisotopic (exact) mass is 311 g/mol. The van der Waals surface area contributed by atoms with E-state index in [0.29, 0.717) is 38.1 Å². The van der Waals surface area contributed by atoms with Crippen LogP contribution >= 0.6 is 0 Å². The van der Waals surface area contributed by atoms with Crippen LogP contribution in [0.25, 0.3) is 0 Å². The Morgan fingerprint density at radius 3 is 2.16 bits per heavy atom. The maximum atomic E-state index is 13.2. The molecule has 0 spiro atoms. The Bertz CT molecular complexity index is 694. The van der Waals surface area contributed by atoms with E-state index >= 15 is 0 Å². The molecule has 1 aromatic rings. The van der Waals surface area contributed by atoms with Crippen molar-refractivity contribution in [3.05, 3.63) is 24.0 Å². The first kappa shape index (κ1) is 14.4. The molecule has 1 fully saturated rings. The predicted molar refractivity (Wildman–Crippen MR) is 62.7 cm³/mol. The predicted octanol–water partition coefficient (Wildman–Crippen LogP) is 1.27. The lowest BCUT2D eigenvalue weighted by Gasteiger charge is -2.15. The van der Waals surface area contributed by atoms with E-state index in [1.54, 1.807) is 0 Å². The first-order chi connectivity index (χ1) is 8.73. The minimum Gasteiger partial charge on any atom is -0.207 e. The maximum absolute atomic E-state index is 13.2. The molecule has 0 aliphatic carbocycles. The third-order valence-electron chi connectivity index (χ3n) is 2.87. The average Bonchev–Trinajstić information content (AvgIpc) is 2.81. The van der Waals surface area contributed by atoms with Crippen LogP contribution in [-0.2, 0) is 20.2 Å². The number of halogens is 2. The Labute approximate surface area is 110 Å². The lowest BCUT2D eigenvalue weighted by Crippen LogP contribution is -2.28. The summed E-state index contributed by atoms with van der Waals surface area (Å²) < 4.78 is 72.9. The van der Waals surface area contributed by atoms with Gasteiger partial charge in [0.25, 0.3) is 0 Å². The fourth-order valence-corrected chi connectivity index (χ4v) is 4.10. The van der Waals surface area contributed by atoms with Gasteiger partial charge in [-0.15, -0.1) is 3.89 Å². The summed E-state index contributed by atoms with van der Waals surface area (Å²) in [5, 5.41) is 0. The van der Waals surface area contributed by atoms with Gasteiger partial charge in [-0.3, -0.25) is 0 Å². The van der Waals surface area contributed by atoms with E-state index in [0.717, 1.165) is 10.4 Å². The van der Waals surface area contributed by atoms with Crippen molar-refractivity contribution in [2.75, 3.05) is 13.1 Å². The smallest absolute Gasteiger partial charge is 0.207 e. The van der Waals surface area contributed by atoms with Crippen molar-refractivity contribution >= 4 is 20.2 Å². The highest BCUT2D eigenvalue weighted by atomic mass is 32.3. The zero-order valence-electron chi connectivity index (χ0n) is 9.71. The van der Waals surface area contributed by atoms with Gasteiger partial charge in [0.15, 0.2) is 0 Å². The van der Waals surface area contributed by atoms with Gasteiger partial charge in [-0.05, 0) is 31.0 Å². The van der Waals surface area contributed by atoms with Crippen molar-refractivity contribution in [2.45, 2.75) is 22.6 Å². The molecule has 0 bridgehead atoms. The molecule has 1 heterocycles. The molecular formula is C10H11F2NO4S2. The fraction of sp³-hybridized carbons (Fsp3) is 0.400. The number of hydrogen-bond donors (Lipinski definition) is 0. The van der Waals surface area contributed by atoms with E-state index in [9.17, 15) is 25.1 Å². The van der Waals surface area contributed by atoms with Gasteiger partial charge in [-0.25, -0.2) is 12.8 Å². The summed E-state index contributed by atoms with van der Waals surface area (Å²) in [6, 6.07) is 2.07. The van der Waals surface area contributed by atoms with Crippen LogP contribution in [0.3, 0.4) is 0 Å². The molecule has 1 saturated heterocycles. The van der Waals surface area contributed by atoms with Crippen LogP contribution < -0.4 is 0 Å². The summed E-state index contributed by atoms with van der Waals surface area (Å²) in [5.74, 6) is -1.32. The first-order valence-electron chi connectivity index (χ1n) is 5.47. The van der Waals surface area contributed by atoms with Gasteiger partial charge >= 0.3 is 10.2 Å². The summed E-state index contributed by atoms with van der Waals surface area (Å²) in [6.45, 7) is 0.634. The van der Waals surface area contributed by atoms with Crippen LogP contribution in [0.2, 0.25) is 0 Å². The second-order valence-corrected chi connectivity index (χ2v) is 7.39. The van der Waals surface area contributed by atoms with Crippen molar-refractivity contribution in [3.8, 4) is 0 Å². The molecule has 1 aromatic carbocycles. The summed E-state index contributed by atoms with van der Waals surface area (Å²) >= 11 is 0. The zero-order valence-corrected chi connectivity index (χ0v) is 11.3. The maximum Gasteiger partial charge on any atom is 0.335 e. The van der Waals surface area contributed by atoms with Gasteiger partial charge < -0.3 is 0 Å². The van der Waals surface area contributed by atoms with Gasteiger partial charge in [0.2, 0.25) is 10.0 Å². The molecule has 1 aliphatic heterocycles. The van der Waals surface area contributed by atoms with Crippen LogP contribution in [0.4, 0.5) is 8.28 Å². The molecule has 0 unspecified atom stereocenters. The minimum atomic E-state index is -5.30. The summed E-state index contributed by atoms with van der Waals surface area (Å²) in [5.41, 5.74) is 0. The van der Waals surface area contributed by atoms with Crippen molar-refractivity contribution in [2.24, 2.45) is 0 Å². The zero-order chi connectivity index (χ0) is 14.3. The number of hydrogen-bond acceptors (Lipinski definition) is 4. The average molecular weight is 311 g/mol. The van der Waals surface area contributed by atoms with E-state index in [1.807, 2.05) is 0 Å². The van der Waals surface area contributed by atoms with Gasteiger partial charge in [-0.1, -0.05) is 0 Å². The van der Waals surface area contributed by atoms with Crippen LogP contribution in [0, 0.1) is 5.82 Å². The molecule has 0 aromatic heterocycles. The van der Waals surface area contributed by atoms with Crippen molar-refractivity contribution in [1.82, 2.24) is 4.31 Å². The highest BCUT2D eigenvalue weighted by molar-refractivity contribution is 7.89. The highest BCUT2D eigenvalue weighted by Gasteiger charge is 2.29. The molecule has 0 N–H and O–H groups in total. The Balaban J connectivity index is 2.52. The van der Waals surface area contributed by atoms with Crippen LogP contribution in [-0.4, -0.2) is 34.2 Å². The molecule has 106 valence electrons. The second-order valence-electron chi connectivity index (χ2n) is 4.14. The Morgan fingerprint density at radius 2 is 1.63 bits per heavy atom. The molecule has 0 saturated carbocycles. The number of rotatable bonds is 3. The topological polar surface area (TPSA) is 71.5 Å². The van der Waals surface area contributed by atoms with E-state index in [2.05, 4.69) is 0 Å². The van der Waals surface area contributed by atoms with Crippen LogP contribution in [0.5, 0.6) is 0 Å². The lowest BCUT2D eigenvalue weighted by molar-refractivity contribution is 0.476. The molecule has 19 heavy (non-hydrogen) atoms. The molecule has 2 rings (SSSR count). The number of sulfonamides is 1. The van der Waals surface area contributed by atoms with Gasteiger partial charge in [-0.2, -0.15) is 12.7 Å². The molecule has 5 nitrogen and oxygen atoms in total. The molecule has 0 atom stereocenters. The summed E-state index contributed by atoms with van der Waals surface area (Å²) in [7, 11) is -9.20. The second kappa shape index (κ2) is 4.80. The quantitative estimate of drug-likeness (QED) is 0.788. The number of nitrogens with zero attached hydrogens (tertiary/aromatic N) is 1. The standard InChI is InChI=1S/C10H11F2NO4S2/c11-9-4-3-8(7-10(9)18(12,14)15)19(16,17)13-5-1-2-6-13/h3-4,7H,1-2,5-6H2. The van der Waals surface area contributed by atoms with Crippen molar-refractivity contribution < 1.29 is 25.1 Å². The van der Waals surface area contributed by atoms with E-state index in [1.165, 1.54) is 0 Å². The van der Waals surface area contributed by atoms with Gasteiger partial charge in [0.05, 0.1) is 4.90 Å². The SMILES string of the molecule is O=S(=O)(F)c1cc(S(=O)(=O)N2CCCC2)ccc1F. The third kappa shape index (κ3) is 2.77. The van der Waals surface area contributed by atoms with Gasteiger partial charge in [0, 0.05) is 13.1 Å². The first-order valence-corrected chi connectivity index (χ1v) is 8.29. The Morgan fingerprint density at radius 1 is 1.05 bits per heavy atom. The van der Waals surface area contributed by atoms with E-state index < -0.39 is 35.9 Å². The molecule has 1 aliphatic rings. The Hall–Kier alpha value is -1.06. The summed E-state index contributed by atoms with van der Waals surface area (Å²) in [6.07, 6.45) is 1.41. The normalized spacial score (nSPS) is 17.8. The van der Waals surface area contributed by atoms with Crippen LogP contribution in [0.15, 0.2) is 28.0 Å².